The summed E-state index contributed by atoms with van der Waals surface area (Å²) in [5.74, 6) is -0.386. The predicted octanol–water partition coefficient (Wildman–Crippen LogP) is 3.00. The highest BCUT2D eigenvalue weighted by atomic mass is 16.6. The van der Waals surface area contributed by atoms with Crippen LogP contribution in [0.25, 0.3) is 22.2 Å². The zero-order valence-electron chi connectivity index (χ0n) is 10.3. The number of hydrogen-bond donors (Lipinski definition) is 1. The standard InChI is InChI=1S/C14H12N2O3/c1-2-18-14(17)13-7-12(16-19-13)10-8-15-11-6-4-3-5-9(10)11/h3-8,15H,2H2,1H3. The van der Waals surface area contributed by atoms with Gasteiger partial charge >= 0.3 is 5.97 Å². The van der Waals surface area contributed by atoms with E-state index in [1.165, 1.54) is 0 Å². The summed E-state index contributed by atoms with van der Waals surface area (Å²) in [6.07, 6.45) is 1.84. The zero-order chi connectivity index (χ0) is 13.2. The Morgan fingerprint density at radius 1 is 1.42 bits per heavy atom. The van der Waals surface area contributed by atoms with Gasteiger partial charge in [0, 0.05) is 28.7 Å². The number of aromatic nitrogens is 2. The third-order valence-corrected chi connectivity index (χ3v) is 2.85. The first-order valence-corrected chi connectivity index (χ1v) is 6.00. The number of esters is 1. The van der Waals surface area contributed by atoms with Gasteiger partial charge < -0.3 is 14.2 Å². The molecule has 0 aliphatic rings. The molecule has 0 saturated carbocycles. The summed E-state index contributed by atoms with van der Waals surface area (Å²) in [7, 11) is 0. The van der Waals surface area contributed by atoms with Crippen molar-refractivity contribution in [3.8, 4) is 11.3 Å². The molecule has 5 heteroatoms. The molecule has 0 aliphatic heterocycles. The van der Waals surface area contributed by atoms with E-state index in [0.717, 1.165) is 16.5 Å². The summed E-state index contributed by atoms with van der Waals surface area (Å²) in [5, 5.41) is 4.95. The van der Waals surface area contributed by atoms with Crippen LogP contribution in [0.3, 0.4) is 0 Å². The summed E-state index contributed by atoms with van der Waals surface area (Å²) in [4.78, 5) is 14.7. The van der Waals surface area contributed by atoms with Gasteiger partial charge in [-0.1, -0.05) is 23.4 Å². The highest BCUT2D eigenvalue weighted by molar-refractivity contribution is 5.95. The van der Waals surface area contributed by atoms with E-state index in [4.69, 9.17) is 9.26 Å². The molecule has 0 atom stereocenters. The molecule has 0 radical (unpaired) electrons. The maximum atomic E-state index is 11.5. The Bertz CT molecular complexity index is 727. The number of hydrogen-bond acceptors (Lipinski definition) is 4. The molecule has 1 aromatic carbocycles. The van der Waals surface area contributed by atoms with Gasteiger partial charge in [-0.25, -0.2) is 4.79 Å². The van der Waals surface area contributed by atoms with Gasteiger partial charge in [0.25, 0.3) is 0 Å². The maximum absolute atomic E-state index is 11.5. The van der Waals surface area contributed by atoms with Gasteiger partial charge in [-0.05, 0) is 13.0 Å². The number of benzene rings is 1. The molecule has 1 N–H and O–H groups in total. The normalized spacial score (nSPS) is 10.8. The van der Waals surface area contributed by atoms with Crippen LogP contribution in [-0.4, -0.2) is 22.7 Å². The lowest BCUT2D eigenvalue weighted by molar-refractivity contribution is 0.0480. The monoisotopic (exact) mass is 256 g/mol. The van der Waals surface area contributed by atoms with Crippen LogP contribution in [0.15, 0.2) is 41.1 Å². The first-order chi connectivity index (χ1) is 9.29. The second-order valence-electron chi connectivity index (χ2n) is 4.04. The molecule has 0 amide bonds. The van der Waals surface area contributed by atoms with Gasteiger partial charge in [0.1, 0.15) is 5.69 Å². The Labute approximate surface area is 109 Å². The molecule has 0 saturated heterocycles. The average Bonchev–Trinajstić information content (AvgIpc) is 3.05. The van der Waals surface area contributed by atoms with E-state index >= 15 is 0 Å². The lowest BCUT2D eigenvalue weighted by Crippen LogP contribution is -2.02. The smallest absolute Gasteiger partial charge is 0.377 e. The average molecular weight is 256 g/mol. The van der Waals surface area contributed by atoms with E-state index < -0.39 is 5.97 Å². The van der Waals surface area contributed by atoms with Gasteiger partial charge in [-0.15, -0.1) is 0 Å². The molecule has 5 nitrogen and oxygen atoms in total. The summed E-state index contributed by atoms with van der Waals surface area (Å²) in [6.45, 7) is 2.05. The van der Waals surface area contributed by atoms with Crippen molar-refractivity contribution >= 4 is 16.9 Å². The van der Waals surface area contributed by atoms with Crippen LogP contribution in [-0.2, 0) is 4.74 Å². The number of fused-ring (bicyclic) bond motifs is 1. The number of carbonyl (C=O) groups is 1. The van der Waals surface area contributed by atoms with E-state index in [1.54, 1.807) is 13.0 Å². The lowest BCUT2D eigenvalue weighted by Gasteiger charge is -1.94. The second kappa shape index (κ2) is 4.61. The lowest BCUT2D eigenvalue weighted by atomic mass is 10.1. The van der Waals surface area contributed by atoms with E-state index in [0.29, 0.717) is 12.3 Å². The maximum Gasteiger partial charge on any atom is 0.377 e. The Morgan fingerprint density at radius 2 is 2.26 bits per heavy atom. The molecule has 0 unspecified atom stereocenters. The number of H-pyrrole nitrogens is 1. The van der Waals surface area contributed by atoms with Crippen molar-refractivity contribution in [3.05, 3.63) is 42.3 Å². The zero-order valence-corrected chi connectivity index (χ0v) is 10.3. The Kier molecular flexibility index (Phi) is 2.79. The van der Waals surface area contributed by atoms with Crippen LogP contribution >= 0.6 is 0 Å². The van der Waals surface area contributed by atoms with E-state index in [1.807, 2.05) is 30.5 Å². The fourth-order valence-corrected chi connectivity index (χ4v) is 1.98. The van der Waals surface area contributed by atoms with Gasteiger partial charge in [-0.2, -0.15) is 0 Å². The minimum atomic E-state index is -0.499. The fraction of sp³-hybridized carbons (Fsp3) is 0.143. The first-order valence-electron chi connectivity index (χ1n) is 6.00. The predicted molar refractivity (Wildman–Crippen MR) is 69.8 cm³/mol. The van der Waals surface area contributed by atoms with Crippen molar-refractivity contribution in [2.45, 2.75) is 6.92 Å². The molecular weight excluding hydrogens is 244 g/mol. The van der Waals surface area contributed by atoms with Crippen molar-refractivity contribution < 1.29 is 14.1 Å². The number of aromatic amines is 1. The highest BCUT2D eigenvalue weighted by Crippen LogP contribution is 2.28. The third-order valence-electron chi connectivity index (χ3n) is 2.85. The SMILES string of the molecule is CCOC(=O)c1cc(-c2c[nH]c3ccccc23)no1. The molecule has 0 bridgehead atoms. The molecule has 3 aromatic rings. The molecule has 3 rings (SSSR count). The third kappa shape index (κ3) is 1.99. The molecule has 2 heterocycles. The van der Waals surface area contributed by atoms with Crippen molar-refractivity contribution in [2.75, 3.05) is 6.61 Å². The minimum Gasteiger partial charge on any atom is -0.460 e. The fourth-order valence-electron chi connectivity index (χ4n) is 1.98. The van der Waals surface area contributed by atoms with Gasteiger partial charge in [0.05, 0.1) is 6.61 Å². The highest BCUT2D eigenvalue weighted by Gasteiger charge is 2.16. The number of carbonyl (C=O) groups excluding carboxylic acids is 1. The first kappa shape index (κ1) is 11.5. The minimum absolute atomic E-state index is 0.113. The van der Waals surface area contributed by atoms with E-state index in [9.17, 15) is 4.79 Å². The van der Waals surface area contributed by atoms with Gasteiger partial charge in [-0.3, -0.25) is 0 Å². The van der Waals surface area contributed by atoms with Crippen LogP contribution in [0.4, 0.5) is 0 Å². The molecule has 0 fully saturated rings. The molecule has 0 spiro atoms. The van der Waals surface area contributed by atoms with Crippen LogP contribution in [0.5, 0.6) is 0 Å². The topological polar surface area (TPSA) is 68.1 Å². The van der Waals surface area contributed by atoms with Crippen LogP contribution in [0.2, 0.25) is 0 Å². The Hall–Kier alpha value is -2.56. The van der Waals surface area contributed by atoms with Crippen molar-refractivity contribution in [1.29, 1.82) is 0 Å². The largest absolute Gasteiger partial charge is 0.460 e. The van der Waals surface area contributed by atoms with Crippen LogP contribution in [0.1, 0.15) is 17.5 Å². The quantitative estimate of drug-likeness (QED) is 0.731. The molecular formula is C14H12N2O3. The van der Waals surface area contributed by atoms with Crippen LogP contribution in [0, 0.1) is 0 Å². The molecule has 96 valence electrons. The Balaban J connectivity index is 2.01. The van der Waals surface area contributed by atoms with Gasteiger partial charge in [0.15, 0.2) is 0 Å². The van der Waals surface area contributed by atoms with Crippen molar-refractivity contribution in [1.82, 2.24) is 10.1 Å². The summed E-state index contributed by atoms with van der Waals surface area (Å²) in [5.41, 5.74) is 2.52. The van der Waals surface area contributed by atoms with Crippen LogP contribution < -0.4 is 0 Å². The molecule has 2 aromatic heterocycles. The van der Waals surface area contributed by atoms with E-state index in [-0.39, 0.29) is 5.76 Å². The molecule has 0 aliphatic carbocycles. The second-order valence-corrected chi connectivity index (χ2v) is 4.04. The number of rotatable bonds is 3. The Morgan fingerprint density at radius 3 is 3.11 bits per heavy atom. The summed E-state index contributed by atoms with van der Waals surface area (Å²) in [6, 6.07) is 9.46. The number of para-hydroxylation sites is 1. The van der Waals surface area contributed by atoms with Crippen molar-refractivity contribution in [3.63, 3.8) is 0 Å². The summed E-state index contributed by atoms with van der Waals surface area (Å²) >= 11 is 0. The number of nitrogens with zero attached hydrogens (tertiary/aromatic N) is 1. The number of ether oxygens (including phenoxy) is 1. The number of nitrogens with one attached hydrogen (secondary N) is 1. The van der Waals surface area contributed by atoms with Gasteiger partial charge in [0.2, 0.25) is 5.76 Å². The summed E-state index contributed by atoms with van der Waals surface area (Å²) < 4.78 is 9.88. The molecule has 19 heavy (non-hydrogen) atoms. The van der Waals surface area contributed by atoms with E-state index in [2.05, 4.69) is 10.1 Å². The van der Waals surface area contributed by atoms with Crippen molar-refractivity contribution in [2.24, 2.45) is 0 Å².